The number of nitro benzene ring substituents is 1. The second-order valence-corrected chi connectivity index (χ2v) is 5.93. The van der Waals surface area contributed by atoms with Gasteiger partial charge in [-0.3, -0.25) is 10.1 Å². The SMILES string of the molecule is Cc1cc(NCCC2CCCCO2)c(Br)cc1[N+](=O)[O-]. The Morgan fingerprint density at radius 3 is 2.95 bits per heavy atom. The van der Waals surface area contributed by atoms with Crippen LogP contribution in [0, 0.1) is 17.0 Å². The molecule has 1 aromatic carbocycles. The van der Waals surface area contributed by atoms with E-state index < -0.39 is 0 Å². The zero-order chi connectivity index (χ0) is 14.5. The van der Waals surface area contributed by atoms with Gasteiger partial charge in [0.1, 0.15) is 0 Å². The van der Waals surface area contributed by atoms with Gasteiger partial charge >= 0.3 is 0 Å². The van der Waals surface area contributed by atoms with Crippen LogP contribution in [0.5, 0.6) is 0 Å². The van der Waals surface area contributed by atoms with Gasteiger partial charge in [-0.15, -0.1) is 0 Å². The molecule has 1 N–H and O–H groups in total. The Morgan fingerprint density at radius 1 is 1.50 bits per heavy atom. The molecule has 1 unspecified atom stereocenters. The number of rotatable bonds is 5. The highest BCUT2D eigenvalue weighted by atomic mass is 79.9. The van der Waals surface area contributed by atoms with E-state index in [1.807, 2.05) is 6.07 Å². The van der Waals surface area contributed by atoms with Gasteiger partial charge < -0.3 is 10.1 Å². The van der Waals surface area contributed by atoms with Crippen LogP contribution in [-0.4, -0.2) is 24.2 Å². The summed E-state index contributed by atoms with van der Waals surface area (Å²) in [6, 6.07) is 3.36. The first-order chi connectivity index (χ1) is 9.58. The highest BCUT2D eigenvalue weighted by Gasteiger charge is 2.15. The van der Waals surface area contributed by atoms with Crippen molar-refractivity contribution in [3.63, 3.8) is 0 Å². The number of benzene rings is 1. The molecule has 0 aliphatic carbocycles. The molecule has 1 aliphatic heterocycles. The fourth-order valence-corrected chi connectivity index (χ4v) is 2.88. The largest absolute Gasteiger partial charge is 0.384 e. The van der Waals surface area contributed by atoms with Gasteiger partial charge in [-0.05, 0) is 54.6 Å². The first-order valence-corrected chi connectivity index (χ1v) is 7.67. The molecule has 20 heavy (non-hydrogen) atoms. The van der Waals surface area contributed by atoms with Gasteiger partial charge in [0.15, 0.2) is 0 Å². The fourth-order valence-electron chi connectivity index (χ4n) is 2.41. The zero-order valence-corrected chi connectivity index (χ0v) is 13.1. The van der Waals surface area contributed by atoms with Crippen molar-refractivity contribution in [3.8, 4) is 0 Å². The van der Waals surface area contributed by atoms with E-state index in [4.69, 9.17) is 4.74 Å². The Balaban J connectivity index is 1.92. The third-order valence-electron chi connectivity index (χ3n) is 3.54. The standard InChI is InChI=1S/C14H19BrN2O3/c1-10-8-13(12(15)9-14(10)17(18)19)16-6-5-11-4-2-3-7-20-11/h8-9,11,16H,2-7H2,1H3. The molecule has 0 bridgehead atoms. The summed E-state index contributed by atoms with van der Waals surface area (Å²) >= 11 is 3.38. The summed E-state index contributed by atoms with van der Waals surface area (Å²) < 4.78 is 6.40. The summed E-state index contributed by atoms with van der Waals surface area (Å²) in [6.45, 7) is 3.42. The van der Waals surface area contributed by atoms with Gasteiger partial charge in [-0.25, -0.2) is 0 Å². The maximum atomic E-state index is 10.9. The Bertz CT molecular complexity index is 488. The van der Waals surface area contributed by atoms with Crippen LogP contribution in [0.1, 0.15) is 31.2 Å². The van der Waals surface area contributed by atoms with E-state index in [-0.39, 0.29) is 10.6 Å². The van der Waals surface area contributed by atoms with Crippen LogP contribution in [-0.2, 0) is 4.74 Å². The van der Waals surface area contributed by atoms with Crippen LogP contribution in [0.2, 0.25) is 0 Å². The number of halogens is 1. The molecule has 6 heteroatoms. The van der Waals surface area contributed by atoms with Crippen LogP contribution in [0.25, 0.3) is 0 Å². The maximum absolute atomic E-state index is 10.9. The van der Waals surface area contributed by atoms with E-state index in [0.29, 0.717) is 11.7 Å². The number of nitro groups is 1. The lowest BCUT2D eigenvalue weighted by atomic mass is 10.1. The molecule has 1 heterocycles. The lowest BCUT2D eigenvalue weighted by Gasteiger charge is -2.22. The molecule has 0 radical (unpaired) electrons. The molecule has 0 spiro atoms. The highest BCUT2D eigenvalue weighted by molar-refractivity contribution is 9.10. The van der Waals surface area contributed by atoms with Crippen LogP contribution in [0.4, 0.5) is 11.4 Å². The molecular formula is C14H19BrN2O3. The Labute approximate surface area is 127 Å². The van der Waals surface area contributed by atoms with Crippen molar-refractivity contribution < 1.29 is 9.66 Å². The molecule has 110 valence electrons. The molecule has 1 aliphatic rings. The molecule has 1 aromatic rings. The van der Waals surface area contributed by atoms with Crippen LogP contribution < -0.4 is 5.32 Å². The van der Waals surface area contributed by atoms with Gasteiger partial charge in [0, 0.05) is 34.9 Å². The second kappa shape index (κ2) is 7.04. The third kappa shape index (κ3) is 3.93. The molecule has 1 fully saturated rings. The van der Waals surface area contributed by atoms with Crippen molar-refractivity contribution >= 4 is 27.3 Å². The lowest BCUT2D eigenvalue weighted by Crippen LogP contribution is -2.22. The fraction of sp³-hybridized carbons (Fsp3) is 0.571. The molecule has 0 saturated carbocycles. The van der Waals surface area contributed by atoms with Crippen molar-refractivity contribution in [1.29, 1.82) is 0 Å². The molecule has 2 rings (SSSR count). The highest BCUT2D eigenvalue weighted by Crippen LogP contribution is 2.30. The molecule has 1 atom stereocenters. The van der Waals surface area contributed by atoms with Crippen LogP contribution in [0.3, 0.4) is 0 Å². The van der Waals surface area contributed by atoms with E-state index in [1.54, 1.807) is 13.0 Å². The van der Waals surface area contributed by atoms with Crippen molar-refractivity contribution in [3.05, 3.63) is 32.3 Å². The van der Waals surface area contributed by atoms with Crippen LogP contribution in [0.15, 0.2) is 16.6 Å². The van der Waals surface area contributed by atoms with E-state index in [9.17, 15) is 10.1 Å². The normalized spacial score (nSPS) is 18.8. The molecule has 1 saturated heterocycles. The van der Waals surface area contributed by atoms with Crippen molar-refractivity contribution in [1.82, 2.24) is 0 Å². The van der Waals surface area contributed by atoms with Crippen LogP contribution >= 0.6 is 15.9 Å². The summed E-state index contributed by atoms with van der Waals surface area (Å²) in [6.07, 6.45) is 4.83. The number of nitrogens with one attached hydrogen (secondary N) is 1. The first kappa shape index (κ1) is 15.3. The third-order valence-corrected chi connectivity index (χ3v) is 4.19. The minimum atomic E-state index is -0.361. The smallest absolute Gasteiger partial charge is 0.273 e. The summed E-state index contributed by atoms with van der Waals surface area (Å²) in [5.41, 5.74) is 1.69. The molecule has 5 nitrogen and oxygen atoms in total. The molecule has 0 amide bonds. The van der Waals surface area contributed by atoms with Crippen molar-refractivity contribution in [2.24, 2.45) is 0 Å². The summed E-state index contributed by atoms with van der Waals surface area (Å²) in [7, 11) is 0. The van der Waals surface area contributed by atoms with E-state index >= 15 is 0 Å². The van der Waals surface area contributed by atoms with Gasteiger partial charge in [-0.1, -0.05) is 0 Å². The molecule has 0 aromatic heterocycles. The average molecular weight is 343 g/mol. The first-order valence-electron chi connectivity index (χ1n) is 6.88. The van der Waals surface area contributed by atoms with Crippen molar-refractivity contribution in [2.75, 3.05) is 18.5 Å². The minimum absolute atomic E-state index is 0.137. The van der Waals surface area contributed by atoms with Gasteiger partial charge in [0.25, 0.3) is 5.69 Å². The summed E-state index contributed by atoms with van der Waals surface area (Å²) in [5.74, 6) is 0. The Hall–Kier alpha value is -1.14. The number of hydrogen-bond acceptors (Lipinski definition) is 4. The number of anilines is 1. The predicted molar refractivity (Wildman–Crippen MR) is 82.2 cm³/mol. The summed E-state index contributed by atoms with van der Waals surface area (Å²) in [5, 5.41) is 14.2. The van der Waals surface area contributed by atoms with Gasteiger partial charge in [0.2, 0.25) is 0 Å². The quantitative estimate of drug-likeness (QED) is 0.647. The van der Waals surface area contributed by atoms with E-state index in [1.165, 1.54) is 6.42 Å². The Kier molecular flexibility index (Phi) is 5.37. The summed E-state index contributed by atoms with van der Waals surface area (Å²) in [4.78, 5) is 10.5. The second-order valence-electron chi connectivity index (χ2n) is 5.08. The minimum Gasteiger partial charge on any atom is -0.384 e. The maximum Gasteiger partial charge on any atom is 0.273 e. The molecular weight excluding hydrogens is 324 g/mol. The van der Waals surface area contributed by atoms with Gasteiger partial charge in [-0.2, -0.15) is 0 Å². The topological polar surface area (TPSA) is 64.4 Å². The lowest BCUT2D eigenvalue weighted by molar-refractivity contribution is -0.385. The average Bonchev–Trinajstić information content (AvgIpc) is 2.43. The van der Waals surface area contributed by atoms with Crippen molar-refractivity contribution in [2.45, 2.75) is 38.7 Å². The number of ether oxygens (including phenoxy) is 1. The monoisotopic (exact) mass is 342 g/mol. The number of aryl methyl sites for hydroxylation is 1. The predicted octanol–water partition coefficient (Wildman–Crippen LogP) is 4.04. The number of hydrogen-bond donors (Lipinski definition) is 1. The zero-order valence-electron chi connectivity index (χ0n) is 11.5. The van der Waals surface area contributed by atoms with Gasteiger partial charge in [0.05, 0.1) is 11.0 Å². The Morgan fingerprint density at radius 2 is 2.30 bits per heavy atom. The number of nitrogens with zero attached hydrogens (tertiary/aromatic N) is 1. The van der Waals surface area contributed by atoms with E-state index in [2.05, 4.69) is 21.2 Å². The van der Waals surface area contributed by atoms with E-state index in [0.717, 1.165) is 42.6 Å².